The summed E-state index contributed by atoms with van der Waals surface area (Å²) in [4.78, 5) is 2.21. The molecule has 3 rings (SSSR count). The molecule has 8 heteroatoms. The van der Waals surface area contributed by atoms with Crippen LogP contribution >= 0.6 is 11.3 Å². The van der Waals surface area contributed by atoms with Gasteiger partial charge in [-0.05, 0) is 56.6 Å². The number of anilines is 1. The lowest BCUT2D eigenvalue weighted by Crippen LogP contribution is -2.21. The largest absolute Gasteiger partial charge is 0.493 e. The van der Waals surface area contributed by atoms with E-state index in [2.05, 4.69) is 51.0 Å². The molecule has 0 aliphatic rings. The highest BCUT2D eigenvalue weighted by molar-refractivity contribution is 7.17. The van der Waals surface area contributed by atoms with Gasteiger partial charge in [0.15, 0.2) is 11.5 Å². The van der Waals surface area contributed by atoms with Gasteiger partial charge in [0.25, 0.3) is 0 Å². The molecule has 0 saturated carbocycles. The van der Waals surface area contributed by atoms with Crippen LogP contribution in [0, 0.1) is 0 Å². The average Bonchev–Trinajstić information content (AvgIpc) is 3.41. The van der Waals surface area contributed by atoms with Gasteiger partial charge in [-0.1, -0.05) is 17.4 Å². The highest BCUT2D eigenvalue weighted by Gasteiger charge is 2.12. The number of hydrogen-bond acceptors (Lipinski definition) is 7. The molecule has 0 fully saturated rings. The van der Waals surface area contributed by atoms with Crippen molar-refractivity contribution in [2.75, 3.05) is 38.8 Å². The van der Waals surface area contributed by atoms with E-state index in [1.807, 2.05) is 24.4 Å². The van der Waals surface area contributed by atoms with E-state index in [1.54, 1.807) is 25.6 Å². The molecular weight excluding hydrogens is 386 g/mol. The van der Waals surface area contributed by atoms with Crippen molar-refractivity contribution < 1.29 is 9.47 Å². The molecule has 0 radical (unpaired) electrons. The Kier molecular flexibility index (Phi) is 7.48. The molecule has 0 atom stereocenters. The molecule has 2 heterocycles. The number of nitrogens with zero attached hydrogens (tertiary/aromatic N) is 4. The summed E-state index contributed by atoms with van der Waals surface area (Å²) in [6.07, 6.45) is 2.95. The fourth-order valence-corrected chi connectivity index (χ4v) is 4.15. The Morgan fingerprint density at radius 1 is 1.07 bits per heavy atom. The van der Waals surface area contributed by atoms with Crippen LogP contribution in [0.15, 0.2) is 36.5 Å². The molecule has 0 aliphatic carbocycles. The molecular formula is C21H29N5O2S. The Bertz CT molecular complexity index is 904. The minimum absolute atomic E-state index is 0.753. The van der Waals surface area contributed by atoms with Gasteiger partial charge >= 0.3 is 0 Å². The summed E-state index contributed by atoms with van der Waals surface area (Å²) in [7, 11) is 3.31. The Morgan fingerprint density at radius 2 is 1.86 bits per heavy atom. The van der Waals surface area contributed by atoms with Crippen LogP contribution in [0.5, 0.6) is 11.5 Å². The minimum Gasteiger partial charge on any atom is -0.493 e. The van der Waals surface area contributed by atoms with Gasteiger partial charge in [-0.2, -0.15) is 0 Å². The molecule has 0 spiro atoms. The van der Waals surface area contributed by atoms with Crippen LogP contribution in [-0.2, 0) is 13.0 Å². The summed E-state index contributed by atoms with van der Waals surface area (Å²) < 4.78 is 12.8. The van der Waals surface area contributed by atoms with E-state index >= 15 is 0 Å². The van der Waals surface area contributed by atoms with Crippen molar-refractivity contribution in [1.82, 2.24) is 20.1 Å². The van der Waals surface area contributed by atoms with Gasteiger partial charge < -0.3 is 19.7 Å². The third kappa shape index (κ3) is 5.07. The third-order valence-corrected chi connectivity index (χ3v) is 5.80. The molecule has 1 N–H and O–H groups in total. The Balaban J connectivity index is 1.57. The van der Waals surface area contributed by atoms with E-state index in [9.17, 15) is 0 Å². The first kappa shape index (κ1) is 21.1. The second-order valence-corrected chi connectivity index (χ2v) is 7.46. The number of hydrogen-bond donors (Lipinski definition) is 1. The molecule has 3 aromatic rings. The monoisotopic (exact) mass is 415 g/mol. The van der Waals surface area contributed by atoms with Gasteiger partial charge in [0.1, 0.15) is 0 Å². The van der Waals surface area contributed by atoms with Gasteiger partial charge in [-0.25, -0.2) is 0 Å². The van der Waals surface area contributed by atoms with Crippen LogP contribution in [0.1, 0.15) is 25.1 Å². The van der Waals surface area contributed by atoms with Crippen LogP contribution in [0.3, 0.4) is 0 Å². The molecule has 0 aliphatic heterocycles. The highest BCUT2D eigenvalue weighted by Crippen LogP contribution is 2.27. The maximum atomic E-state index is 5.38. The number of nitrogens with one attached hydrogen (secondary N) is 1. The third-order valence-electron chi connectivity index (χ3n) is 4.82. The van der Waals surface area contributed by atoms with Crippen LogP contribution in [0.2, 0.25) is 0 Å². The van der Waals surface area contributed by atoms with Crippen molar-refractivity contribution in [1.29, 1.82) is 0 Å². The maximum absolute atomic E-state index is 5.38. The Morgan fingerprint density at radius 3 is 2.59 bits per heavy atom. The molecule has 1 aromatic carbocycles. The van der Waals surface area contributed by atoms with E-state index in [0.717, 1.165) is 54.4 Å². The van der Waals surface area contributed by atoms with E-state index < -0.39 is 0 Å². The predicted molar refractivity (Wildman–Crippen MR) is 118 cm³/mol. The molecule has 29 heavy (non-hydrogen) atoms. The van der Waals surface area contributed by atoms with E-state index in [0.29, 0.717) is 0 Å². The fourth-order valence-electron chi connectivity index (χ4n) is 3.16. The van der Waals surface area contributed by atoms with Crippen molar-refractivity contribution in [3.05, 3.63) is 47.8 Å². The number of benzene rings is 1. The predicted octanol–water partition coefficient (Wildman–Crippen LogP) is 3.52. The molecule has 0 bridgehead atoms. The summed E-state index contributed by atoms with van der Waals surface area (Å²) in [5.74, 6) is 1.52. The first-order valence-corrected chi connectivity index (χ1v) is 10.7. The van der Waals surface area contributed by atoms with Crippen LogP contribution < -0.4 is 19.7 Å². The first-order valence-electron chi connectivity index (χ1n) is 9.86. The van der Waals surface area contributed by atoms with Crippen LogP contribution in [-0.4, -0.2) is 48.6 Å². The molecule has 2 aromatic heterocycles. The zero-order valence-electron chi connectivity index (χ0n) is 17.5. The standard InChI is InChI=1S/C21H29N5O2S/c1-5-25(6-2)20-23-24-21(29-20)26-13-7-8-17(26)15-22-12-11-16-9-10-18(27-3)19(14-16)28-4/h7-10,13-14,22H,5-6,11-12,15H2,1-4H3. The summed E-state index contributed by atoms with van der Waals surface area (Å²) in [6, 6.07) is 10.2. The number of ether oxygens (including phenoxy) is 2. The summed E-state index contributed by atoms with van der Waals surface area (Å²) >= 11 is 1.62. The summed E-state index contributed by atoms with van der Waals surface area (Å²) in [5, 5.41) is 14.1. The van der Waals surface area contributed by atoms with Gasteiger partial charge in [0.05, 0.1) is 14.2 Å². The summed E-state index contributed by atoms with van der Waals surface area (Å²) in [6.45, 7) is 7.76. The van der Waals surface area contributed by atoms with Crippen molar-refractivity contribution in [3.8, 4) is 16.6 Å². The van der Waals surface area contributed by atoms with Crippen molar-refractivity contribution >= 4 is 16.5 Å². The van der Waals surface area contributed by atoms with Gasteiger partial charge in [-0.15, -0.1) is 10.2 Å². The topological polar surface area (TPSA) is 64.4 Å². The zero-order valence-corrected chi connectivity index (χ0v) is 18.3. The van der Waals surface area contributed by atoms with E-state index in [-0.39, 0.29) is 0 Å². The highest BCUT2D eigenvalue weighted by atomic mass is 32.1. The number of aromatic nitrogens is 3. The smallest absolute Gasteiger partial charge is 0.218 e. The molecule has 0 amide bonds. The number of rotatable bonds is 11. The maximum Gasteiger partial charge on any atom is 0.218 e. The fraction of sp³-hybridized carbons (Fsp3) is 0.429. The van der Waals surface area contributed by atoms with Gasteiger partial charge in [-0.3, -0.25) is 4.57 Å². The van der Waals surface area contributed by atoms with Crippen LogP contribution in [0.25, 0.3) is 5.13 Å². The Hall–Kier alpha value is -2.58. The minimum atomic E-state index is 0.753. The quantitative estimate of drug-likeness (QED) is 0.484. The van der Waals surface area contributed by atoms with Gasteiger partial charge in [0, 0.05) is 31.5 Å². The van der Waals surface area contributed by atoms with Crippen molar-refractivity contribution in [2.45, 2.75) is 26.8 Å². The Labute approximate surface area is 176 Å². The first-order chi connectivity index (χ1) is 14.2. The normalized spacial score (nSPS) is 10.9. The molecule has 0 unspecified atom stereocenters. The summed E-state index contributed by atoms with van der Waals surface area (Å²) in [5.41, 5.74) is 2.37. The lowest BCUT2D eigenvalue weighted by molar-refractivity contribution is 0.354. The number of methoxy groups -OCH3 is 2. The van der Waals surface area contributed by atoms with Crippen molar-refractivity contribution in [2.24, 2.45) is 0 Å². The zero-order chi connectivity index (χ0) is 20.6. The second-order valence-electron chi connectivity index (χ2n) is 6.53. The average molecular weight is 416 g/mol. The van der Waals surface area contributed by atoms with Crippen molar-refractivity contribution in [3.63, 3.8) is 0 Å². The SMILES string of the molecule is CCN(CC)c1nnc(-n2cccc2CNCCc2ccc(OC)c(OC)c2)s1. The molecule has 7 nitrogen and oxygen atoms in total. The van der Waals surface area contributed by atoms with E-state index in [4.69, 9.17) is 9.47 Å². The molecule has 0 saturated heterocycles. The second kappa shape index (κ2) is 10.3. The van der Waals surface area contributed by atoms with E-state index in [1.165, 1.54) is 11.3 Å². The molecule has 156 valence electrons. The van der Waals surface area contributed by atoms with Gasteiger partial charge in [0.2, 0.25) is 10.3 Å². The van der Waals surface area contributed by atoms with Crippen LogP contribution in [0.4, 0.5) is 5.13 Å². The lowest BCUT2D eigenvalue weighted by atomic mass is 10.1. The lowest BCUT2D eigenvalue weighted by Gasteiger charge is -2.15.